The summed E-state index contributed by atoms with van der Waals surface area (Å²) < 4.78 is 0. The van der Waals surface area contributed by atoms with Crippen LogP contribution in [0.3, 0.4) is 0 Å². The van der Waals surface area contributed by atoms with E-state index in [2.05, 4.69) is 53.2 Å². The second kappa shape index (κ2) is 11.4. The van der Waals surface area contributed by atoms with Gasteiger partial charge in [0.15, 0.2) is 0 Å². The zero-order valence-corrected chi connectivity index (χ0v) is 20.6. The number of benzene rings is 1. The van der Waals surface area contributed by atoms with Crippen LogP contribution >= 0.6 is 11.3 Å². The molecule has 3 heterocycles. The van der Waals surface area contributed by atoms with Gasteiger partial charge in [-0.15, -0.1) is 11.3 Å². The second-order valence-corrected chi connectivity index (χ2v) is 10.6. The molecular formula is C26H38N4OS. The van der Waals surface area contributed by atoms with Gasteiger partial charge in [0.1, 0.15) is 5.01 Å². The number of piperidine rings is 2. The van der Waals surface area contributed by atoms with E-state index in [0.717, 1.165) is 57.0 Å². The molecule has 32 heavy (non-hydrogen) atoms. The van der Waals surface area contributed by atoms with Crippen molar-refractivity contribution in [1.29, 1.82) is 0 Å². The molecule has 6 heteroatoms. The third kappa shape index (κ3) is 6.18. The molecule has 0 radical (unpaired) electrons. The van der Waals surface area contributed by atoms with Crippen LogP contribution in [0, 0.1) is 19.8 Å². The van der Waals surface area contributed by atoms with Crippen molar-refractivity contribution in [2.24, 2.45) is 5.92 Å². The van der Waals surface area contributed by atoms with Crippen LogP contribution in [-0.2, 0) is 11.3 Å². The summed E-state index contributed by atoms with van der Waals surface area (Å²) in [5, 5.41) is 4.32. The van der Waals surface area contributed by atoms with E-state index in [1.165, 1.54) is 54.0 Å². The molecule has 1 N–H and O–H groups in total. The average molecular weight is 455 g/mol. The van der Waals surface area contributed by atoms with Crippen LogP contribution in [0.4, 0.5) is 0 Å². The third-order valence-corrected chi connectivity index (χ3v) is 8.05. The molecule has 2 aromatic rings. The number of carbonyl (C=O) groups excluding carboxylic acids is 1. The third-order valence-electron chi connectivity index (χ3n) is 7.00. The Bertz CT molecular complexity index is 882. The van der Waals surface area contributed by atoms with Crippen LogP contribution in [0.5, 0.6) is 0 Å². The molecule has 2 aliphatic heterocycles. The maximum absolute atomic E-state index is 12.6. The Morgan fingerprint density at radius 1 is 1.06 bits per heavy atom. The van der Waals surface area contributed by atoms with Gasteiger partial charge in [0.05, 0.1) is 5.69 Å². The fraction of sp³-hybridized carbons (Fsp3) is 0.615. The Morgan fingerprint density at radius 3 is 2.56 bits per heavy atom. The summed E-state index contributed by atoms with van der Waals surface area (Å²) in [4.78, 5) is 23.9. The highest BCUT2D eigenvalue weighted by Crippen LogP contribution is 2.31. The van der Waals surface area contributed by atoms with Crippen molar-refractivity contribution < 1.29 is 4.79 Å². The quantitative estimate of drug-likeness (QED) is 0.591. The number of likely N-dealkylation sites (tertiary alicyclic amines) is 2. The standard InChI is InChI=1S/C26H38N4OS/c1-20-9-4-5-10-23(20)26-28-24(21(2)32-26)19-30-17-11-22(12-18-30)25(31)27-13-8-16-29-14-6-3-7-15-29/h4-5,9-10,22H,3,6-8,11-19H2,1-2H3,(H,27,31). The number of carbonyl (C=O) groups is 1. The summed E-state index contributed by atoms with van der Waals surface area (Å²) in [6.45, 7) is 11.6. The number of rotatable bonds is 8. The van der Waals surface area contributed by atoms with Crippen molar-refractivity contribution in [3.05, 3.63) is 40.4 Å². The second-order valence-electron chi connectivity index (χ2n) is 9.43. The molecule has 1 aromatic heterocycles. The number of nitrogens with one attached hydrogen (secondary N) is 1. The number of amides is 1. The van der Waals surface area contributed by atoms with Gasteiger partial charge in [-0.25, -0.2) is 4.98 Å². The highest BCUT2D eigenvalue weighted by molar-refractivity contribution is 7.15. The molecule has 0 saturated carbocycles. The van der Waals surface area contributed by atoms with Crippen LogP contribution in [0.2, 0.25) is 0 Å². The van der Waals surface area contributed by atoms with Crippen molar-refractivity contribution in [2.75, 3.05) is 39.3 Å². The van der Waals surface area contributed by atoms with E-state index in [1.54, 1.807) is 11.3 Å². The van der Waals surface area contributed by atoms with Crippen LogP contribution in [0.25, 0.3) is 10.6 Å². The van der Waals surface area contributed by atoms with Gasteiger partial charge in [-0.05, 0) is 84.2 Å². The highest BCUT2D eigenvalue weighted by Gasteiger charge is 2.25. The van der Waals surface area contributed by atoms with Crippen LogP contribution in [0.15, 0.2) is 24.3 Å². The summed E-state index contributed by atoms with van der Waals surface area (Å²) in [6, 6.07) is 8.47. The smallest absolute Gasteiger partial charge is 0.223 e. The number of aryl methyl sites for hydroxylation is 2. The molecule has 1 aromatic carbocycles. The lowest BCUT2D eigenvalue weighted by Gasteiger charge is -2.31. The summed E-state index contributed by atoms with van der Waals surface area (Å²) in [5.41, 5.74) is 3.70. The van der Waals surface area contributed by atoms with E-state index < -0.39 is 0 Å². The number of hydrogen-bond donors (Lipinski definition) is 1. The largest absolute Gasteiger partial charge is 0.356 e. The fourth-order valence-corrected chi connectivity index (χ4v) is 5.92. The number of aromatic nitrogens is 1. The Kier molecular flexibility index (Phi) is 8.33. The number of thiazole rings is 1. The lowest BCUT2D eigenvalue weighted by atomic mass is 9.95. The molecule has 0 unspecified atom stereocenters. The minimum absolute atomic E-state index is 0.167. The van der Waals surface area contributed by atoms with Crippen molar-refractivity contribution in [2.45, 2.75) is 58.9 Å². The van der Waals surface area contributed by atoms with E-state index >= 15 is 0 Å². The molecule has 4 rings (SSSR count). The molecule has 0 bridgehead atoms. The van der Waals surface area contributed by atoms with E-state index in [1.807, 2.05) is 0 Å². The predicted octanol–water partition coefficient (Wildman–Crippen LogP) is 4.63. The molecule has 0 aliphatic carbocycles. The maximum atomic E-state index is 12.6. The van der Waals surface area contributed by atoms with Crippen molar-refractivity contribution >= 4 is 17.2 Å². The monoisotopic (exact) mass is 454 g/mol. The van der Waals surface area contributed by atoms with E-state index in [9.17, 15) is 4.79 Å². The van der Waals surface area contributed by atoms with Gasteiger partial charge in [-0.2, -0.15) is 0 Å². The van der Waals surface area contributed by atoms with Crippen LogP contribution < -0.4 is 5.32 Å². The Morgan fingerprint density at radius 2 is 1.81 bits per heavy atom. The molecule has 2 aliphatic rings. The molecular weight excluding hydrogens is 416 g/mol. The number of nitrogens with zero attached hydrogens (tertiary/aromatic N) is 3. The van der Waals surface area contributed by atoms with Gasteiger partial charge >= 0.3 is 0 Å². The van der Waals surface area contributed by atoms with Gasteiger partial charge in [-0.1, -0.05) is 30.7 Å². The Labute approximate surface area is 197 Å². The zero-order chi connectivity index (χ0) is 22.3. The van der Waals surface area contributed by atoms with Crippen molar-refractivity contribution in [3.63, 3.8) is 0 Å². The van der Waals surface area contributed by atoms with Gasteiger partial charge in [0.25, 0.3) is 0 Å². The highest BCUT2D eigenvalue weighted by atomic mass is 32.1. The van der Waals surface area contributed by atoms with Gasteiger partial charge in [-0.3, -0.25) is 9.69 Å². The molecule has 5 nitrogen and oxygen atoms in total. The topological polar surface area (TPSA) is 48.5 Å². The molecule has 174 valence electrons. The van der Waals surface area contributed by atoms with Gasteiger partial charge in [0.2, 0.25) is 5.91 Å². The normalized spacial score (nSPS) is 18.7. The predicted molar refractivity (Wildman–Crippen MR) is 133 cm³/mol. The van der Waals surface area contributed by atoms with Crippen LogP contribution in [-0.4, -0.2) is 60.0 Å². The summed E-state index contributed by atoms with van der Waals surface area (Å²) >= 11 is 1.79. The average Bonchev–Trinajstić information content (AvgIpc) is 3.18. The molecule has 1 amide bonds. The lowest BCUT2D eigenvalue weighted by molar-refractivity contribution is -0.126. The summed E-state index contributed by atoms with van der Waals surface area (Å²) in [5.74, 6) is 0.426. The van der Waals surface area contributed by atoms with Crippen LogP contribution in [0.1, 0.15) is 54.7 Å². The molecule has 2 saturated heterocycles. The van der Waals surface area contributed by atoms with Crippen molar-refractivity contribution in [3.8, 4) is 10.6 Å². The SMILES string of the molecule is Cc1ccccc1-c1nc(CN2CCC(C(=O)NCCCN3CCCCC3)CC2)c(C)s1. The minimum Gasteiger partial charge on any atom is -0.356 e. The maximum Gasteiger partial charge on any atom is 0.223 e. The first-order chi connectivity index (χ1) is 15.6. The number of hydrogen-bond acceptors (Lipinski definition) is 5. The summed E-state index contributed by atoms with van der Waals surface area (Å²) in [7, 11) is 0. The Balaban J connectivity index is 1.19. The fourth-order valence-electron chi connectivity index (χ4n) is 4.91. The minimum atomic E-state index is 0.167. The lowest BCUT2D eigenvalue weighted by Crippen LogP contribution is -2.41. The van der Waals surface area contributed by atoms with E-state index in [0.29, 0.717) is 0 Å². The first-order valence-corrected chi connectivity index (χ1v) is 13.2. The van der Waals surface area contributed by atoms with Crippen molar-refractivity contribution in [1.82, 2.24) is 20.1 Å². The van der Waals surface area contributed by atoms with Gasteiger partial charge in [0, 0.05) is 29.4 Å². The molecule has 0 atom stereocenters. The Hall–Kier alpha value is -1.76. The first-order valence-electron chi connectivity index (χ1n) is 12.3. The summed E-state index contributed by atoms with van der Waals surface area (Å²) in [6.07, 6.45) is 7.01. The van der Waals surface area contributed by atoms with Gasteiger partial charge < -0.3 is 10.2 Å². The zero-order valence-electron chi connectivity index (χ0n) is 19.7. The molecule has 2 fully saturated rings. The molecule has 0 spiro atoms. The van der Waals surface area contributed by atoms with E-state index in [4.69, 9.17) is 4.98 Å². The first kappa shape index (κ1) is 23.4. The van der Waals surface area contributed by atoms with E-state index in [-0.39, 0.29) is 11.8 Å².